The summed E-state index contributed by atoms with van der Waals surface area (Å²) in [5.74, 6) is 0.862. The SMILES string of the molecule is O=C(Nc1cc(C2CC2)[nH]n1)C(Cl)c1ccc(N2CCCC2=O)cc1. The van der Waals surface area contributed by atoms with Gasteiger partial charge in [-0.15, -0.1) is 11.6 Å². The monoisotopic (exact) mass is 358 g/mol. The predicted molar refractivity (Wildman–Crippen MR) is 95.8 cm³/mol. The molecule has 130 valence electrons. The molecule has 1 aromatic heterocycles. The van der Waals surface area contributed by atoms with Gasteiger partial charge in [0.05, 0.1) is 0 Å². The van der Waals surface area contributed by atoms with Crippen molar-refractivity contribution in [3.63, 3.8) is 0 Å². The number of hydrogen-bond donors (Lipinski definition) is 2. The minimum absolute atomic E-state index is 0.137. The molecule has 6 nitrogen and oxygen atoms in total. The van der Waals surface area contributed by atoms with Crippen molar-refractivity contribution in [1.82, 2.24) is 10.2 Å². The summed E-state index contributed by atoms with van der Waals surface area (Å²) in [6, 6.07) is 9.11. The van der Waals surface area contributed by atoms with E-state index in [9.17, 15) is 9.59 Å². The third kappa shape index (κ3) is 3.39. The van der Waals surface area contributed by atoms with E-state index in [4.69, 9.17) is 11.6 Å². The number of benzene rings is 1. The van der Waals surface area contributed by atoms with Crippen molar-refractivity contribution >= 4 is 34.9 Å². The summed E-state index contributed by atoms with van der Waals surface area (Å²) in [4.78, 5) is 25.9. The Morgan fingerprint density at radius 2 is 2.08 bits per heavy atom. The highest BCUT2D eigenvalue weighted by atomic mass is 35.5. The zero-order valence-corrected chi connectivity index (χ0v) is 14.4. The Kier molecular flexibility index (Phi) is 4.21. The highest BCUT2D eigenvalue weighted by Crippen LogP contribution is 2.39. The lowest BCUT2D eigenvalue weighted by Crippen LogP contribution is -2.23. The van der Waals surface area contributed by atoms with Crippen LogP contribution < -0.4 is 10.2 Å². The number of aromatic nitrogens is 2. The highest BCUT2D eigenvalue weighted by molar-refractivity contribution is 6.32. The van der Waals surface area contributed by atoms with Crippen LogP contribution in [0.3, 0.4) is 0 Å². The molecule has 1 aromatic carbocycles. The summed E-state index contributed by atoms with van der Waals surface area (Å²) in [5.41, 5.74) is 2.59. The molecule has 2 N–H and O–H groups in total. The minimum Gasteiger partial charge on any atom is -0.312 e. The molecule has 2 aromatic rings. The first-order valence-electron chi connectivity index (χ1n) is 8.52. The van der Waals surface area contributed by atoms with Crippen LogP contribution in [-0.2, 0) is 9.59 Å². The van der Waals surface area contributed by atoms with Crippen LogP contribution in [-0.4, -0.2) is 28.6 Å². The van der Waals surface area contributed by atoms with Crippen molar-refractivity contribution in [2.24, 2.45) is 0 Å². The van der Waals surface area contributed by atoms with Crippen LogP contribution in [0.4, 0.5) is 11.5 Å². The number of aromatic amines is 1. The molecule has 0 radical (unpaired) electrons. The van der Waals surface area contributed by atoms with Gasteiger partial charge in [-0.3, -0.25) is 14.7 Å². The van der Waals surface area contributed by atoms with Crippen LogP contribution in [0.2, 0.25) is 0 Å². The molecule has 2 fully saturated rings. The van der Waals surface area contributed by atoms with Gasteiger partial charge in [-0.2, -0.15) is 5.10 Å². The molecule has 4 rings (SSSR count). The molecular formula is C18H19ClN4O2. The molecule has 2 amide bonds. The maximum Gasteiger partial charge on any atom is 0.248 e. The molecule has 2 heterocycles. The van der Waals surface area contributed by atoms with Gasteiger partial charge < -0.3 is 10.2 Å². The number of halogens is 1. The second-order valence-corrected chi connectivity index (χ2v) is 7.01. The Balaban J connectivity index is 1.41. The smallest absolute Gasteiger partial charge is 0.248 e. The van der Waals surface area contributed by atoms with Crippen molar-refractivity contribution in [3.05, 3.63) is 41.6 Å². The minimum atomic E-state index is -0.815. The molecule has 0 spiro atoms. The number of nitrogens with zero attached hydrogens (tertiary/aromatic N) is 2. The first-order chi connectivity index (χ1) is 12.1. The van der Waals surface area contributed by atoms with Gasteiger partial charge in [0.25, 0.3) is 0 Å². The van der Waals surface area contributed by atoms with Gasteiger partial charge in [0.15, 0.2) is 5.82 Å². The molecule has 1 saturated heterocycles. The van der Waals surface area contributed by atoms with E-state index < -0.39 is 5.38 Å². The zero-order chi connectivity index (χ0) is 17.4. The molecule has 1 saturated carbocycles. The summed E-state index contributed by atoms with van der Waals surface area (Å²) in [6.07, 6.45) is 3.81. The summed E-state index contributed by atoms with van der Waals surface area (Å²) >= 11 is 6.30. The second-order valence-electron chi connectivity index (χ2n) is 6.58. The van der Waals surface area contributed by atoms with Crippen molar-refractivity contribution in [2.45, 2.75) is 37.0 Å². The highest BCUT2D eigenvalue weighted by Gasteiger charge is 2.26. The fourth-order valence-corrected chi connectivity index (χ4v) is 3.29. The van der Waals surface area contributed by atoms with Crippen molar-refractivity contribution in [3.8, 4) is 0 Å². The first-order valence-corrected chi connectivity index (χ1v) is 8.96. The van der Waals surface area contributed by atoms with Gasteiger partial charge in [-0.25, -0.2) is 0 Å². The Bertz CT molecular complexity index is 798. The lowest BCUT2D eigenvalue weighted by atomic mass is 10.1. The fraction of sp³-hybridized carbons (Fsp3) is 0.389. The van der Waals surface area contributed by atoms with E-state index in [2.05, 4.69) is 15.5 Å². The molecule has 2 aliphatic rings. The van der Waals surface area contributed by atoms with E-state index >= 15 is 0 Å². The van der Waals surface area contributed by atoms with Crippen molar-refractivity contribution in [1.29, 1.82) is 0 Å². The quantitative estimate of drug-likeness (QED) is 0.805. The number of carbonyl (C=O) groups is 2. The van der Waals surface area contributed by atoms with E-state index in [-0.39, 0.29) is 11.8 Å². The molecule has 0 bridgehead atoms. The van der Waals surface area contributed by atoms with Crippen LogP contribution in [0.5, 0.6) is 0 Å². The van der Waals surface area contributed by atoms with Crippen LogP contribution >= 0.6 is 11.6 Å². The normalized spacial score (nSPS) is 18.4. The number of H-pyrrole nitrogens is 1. The number of hydrogen-bond acceptors (Lipinski definition) is 3. The number of rotatable bonds is 5. The molecule has 1 atom stereocenters. The van der Waals surface area contributed by atoms with Crippen LogP contribution in [0.15, 0.2) is 30.3 Å². The lowest BCUT2D eigenvalue weighted by Gasteiger charge is -2.16. The van der Waals surface area contributed by atoms with Crippen LogP contribution in [0.1, 0.15) is 48.2 Å². The molecule has 25 heavy (non-hydrogen) atoms. The second kappa shape index (κ2) is 6.52. The summed E-state index contributed by atoms with van der Waals surface area (Å²) < 4.78 is 0. The maximum absolute atomic E-state index is 12.3. The van der Waals surface area contributed by atoms with Gasteiger partial charge >= 0.3 is 0 Å². The zero-order valence-electron chi connectivity index (χ0n) is 13.7. The number of alkyl halides is 1. The largest absolute Gasteiger partial charge is 0.312 e. The molecule has 1 aliphatic heterocycles. The van der Waals surface area contributed by atoms with E-state index in [0.717, 1.165) is 24.3 Å². The van der Waals surface area contributed by atoms with Gasteiger partial charge in [-0.1, -0.05) is 12.1 Å². The molecule has 7 heteroatoms. The molecule has 1 aliphatic carbocycles. The van der Waals surface area contributed by atoms with E-state index in [1.807, 2.05) is 18.2 Å². The molecular weight excluding hydrogens is 340 g/mol. The standard InChI is InChI=1S/C18H19ClN4O2/c19-17(18(25)20-15-10-14(21-22-15)11-3-4-11)12-5-7-13(8-6-12)23-9-1-2-16(23)24/h5-8,10-11,17H,1-4,9H2,(H2,20,21,22,25). The number of amides is 2. The predicted octanol–water partition coefficient (Wildman–Crippen LogP) is 3.33. The average molecular weight is 359 g/mol. The average Bonchev–Trinajstić information content (AvgIpc) is 3.22. The lowest BCUT2D eigenvalue weighted by molar-refractivity contribution is -0.117. The van der Waals surface area contributed by atoms with Gasteiger partial charge in [-0.05, 0) is 37.0 Å². The van der Waals surface area contributed by atoms with E-state index in [1.54, 1.807) is 17.0 Å². The van der Waals surface area contributed by atoms with E-state index in [1.165, 1.54) is 12.8 Å². The third-order valence-corrected chi connectivity index (χ3v) is 5.12. The van der Waals surface area contributed by atoms with Gasteiger partial charge in [0.1, 0.15) is 5.38 Å². The topological polar surface area (TPSA) is 78.1 Å². The number of anilines is 2. The number of carbonyl (C=O) groups excluding carboxylic acids is 2. The third-order valence-electron chi connectivity index (χ3n) is 4.67. The summed E-state index contributed by atoms with van der Waals surface area (Å²) in [6.45, 7) is 0.742. The van der Waals surface area contributed by atoms with E-state index in [0.29, 0.717) is 23.7 Å². The Morgan fingerprint density at radius 3 is 2.72 bits per heavy atom. The summed E-state index contributed by atoms with van der Waals surface area (Å²) in [5, 5.41) is 8.98. The first kappa shape index (κ1) is 16.1. The number of nitrogens with one attached hydrogen (secondary N) is 2. The fourth-order valence-electron chi connectivity index (χ4n) is 3.09. The van der Waals surface area contributed by atoms with Crippen LogP contribution in [0.25, 0.3) is 0 Å². The van der Waals surface area contributed by atoms with Crippen molar-refractivity contribution < 1.29 is 9.59 Å². The summed E-state index contributed by atoms with van der Waals surface area (Å²) in [7, 11) is 0. The van der Waals surface area contributed by atoms with Crippen LogP contribution in [0, 0.1) is 0 Å². The van der Waals surface area contributed by atoms with Gasteiger partial charge in [0, 0.05) is 36.3 Å². The Labute approximate surface area is 150 Å². The maximum atomic E-state index is 12.3. The molecule has 1 unspecified atom stereocenters. The Morgan fingerprint density at radius 1 is 1.32 bits per heavy atom. The van der Waals surface area contributed by atoms with Gasteiger partial charge in [0.2, 0.25) is 11.8 Å². The Hall–Kier alpha value is -2.34. The van der Waals surface area contributed by atoms with Crippen molar-refractivity contribution in [2.75, 3.05) is 16.8 Å².